The maximum Gasteiger partial charge on any atom is 0.326 e. The van der Waals surface area contributed by atoms with Crippen LogP contribution in [0.5, 0.6) is 0 Å². The molecule has 1 N–H and O–H groups in total. The van der Waals surface area contributed by atoms with Gasteiger partial charge in [0.2, 0.25) is 0 Å². The molecule has 103 valence electrons. The molecule has 0 amide bonds. The molecule has 3 aromatic rings. The summed E-state index contributed by atoms with van der Waals surface area (Å²) in [5.41, 5.74) is 4.36. The van der Waals surface area contributed by atoms with E-state index in [-0.39, 0.29) is 0 Å². The summed E-state index contributed by atoms with van der Waals surface area (Å²) in [7, 11) is 5.22. The first kappa shape index (κ1) is 13.7. The van der Waals surface area contributed by atoms with Gasteiger partial charge in [-0.25, -0.2) is 0 Å². The van der Waals surface area contributed by atoms with Crippen molar-refractivity contribution in [2.24, 2.45) is 0 Å². The molecule has 0 aliphatic carbocycles. The molecule has 0 fully saturated rings. The van der Waals surface area contributed by atoms with Gasteiger partial charge in [-0.3, -0.25) is 0 Å². The van der Waals surface area contributed by atoms with Crippen LogP contribution in [0, 0.1) is 0 Å². The predicted octanol–water partition coefficient (Wildman–Crippen LogP) is 2.81. The number of hydrogen-bond donors (Lipinski definition) is 1. The monoisotopic (exact) mass is 274 g/mol. The van der Waals surface area contributed by atoms with E-state index < -0.39 is 0 Å². The Hall–Kier alpha value is -2.26. The first-order valence-electron chi connectivity index (χ1n) is 6.96. The lowest BCUT2D eigenvalue weighted by Gasteiger charge is -2.13. The van der Waals surface area contributed by atoms with Gasteiger partial charge in [0.1, 0.15) is 0 Å². The van der Waals surface area contributed by atoms with Gasteiger partial charge in [0.15, 0.2) is 0 Å². The molecular weight excluding hydrogens is 257 g/mol. The van der Waals surface area contributed by atoms with E-state index in [1.807, 2.05) is 24.3 Å². The minimum atomic E-state index is 0.815. The smallest absolute Gasteiger partial charge is 0.326 e. The van der Waals surface area contributed by atoms with Crippen LogP contribution in [0.4, 0.5) is 5.69 Å². The van der Waals surface area contributed by atoms with E-state index >= 15 is 0 Å². The van der Waals surface area contributed by atoms with Crippen LogP contribution in [0.3, 0.4) is 0 Å². The van der Waals surface area contributed by atoms with Gasteiger partial charge in [-0.15, -0.1) is 0 Å². The highest BCUT2D eigenvalue weighted by atomic mass is 16.2. The Morgan fingerprint density at radius 3 is 2.05 bits per heavy atom. The lowest BCUT2D eigenvalue weighted by Crippen LogP contribution is -2.11. The second-order valence-corrected chi connectivity index (χ2v) is 5.39. The fourth-order valence-corrected chi connectivity index (χ4v) is 2.45. The molecule has 0 aliphatic rings. The van der Waals surface area contributed by atoms with E-state index in [0.717, 1.165) is 18.5 Å². The van der Waals surface area contributed by atoms with E-state index in [4.69, 9.17) is 5.02 Å². The van der Waals surface area contributed by atoms with Crippen LogP contribution in [-0.4, -0.2) is 26.6 Å². The summed E-state index contributed by atoms with van der Waals surface area (Å²) in [6.45, 7) is 0. The van der Waals surface area contributed by atoms with Crippen LogP contribution in [0.15, 0.2) is 60.7 Å². The fourth-order valence-electron chi connectivity index (χ4n) is 2.45. The van der Waals surface area contributed by atoms with Crippen molar-refractivity contribution in [3.8, 4) is 11.1 Å². The van der Waals surface area contributed by atoms with Crippen molar-refractivity contribution >= 4 is 29.4 Å². The zero-order chi connectivity index (χ0) is 14.8. The average molecular weight is 274 g/mol. The second kappa shape index (κ2) is 5.62. The molecule has 0 atom stereocenters. The Labute approximate surface area is 125 Å². The SMILES string of the molecule is CN(C)c1ccc2cc(-c3ccc([B]O)cc3)ccc2c1. The normalized spacial score (nSPS) is 10.6. The molecule has 21 heavy (non-hydrogen) atoms. The van der Waals surface area contributed by atoms with Gasteiger partial charge in [0, 0.05) is 19.8 Å². The van der Waals surface area contributed by atoms with Crippen LogP contribution >= 0.6 is 0 Å². The van der Waals surface area contributed by atoms with Crippen molar-refractivity contribution < 1.29 is 5.02 Å². The molecule has 0 unspecified atom stereocenters. The number of nitrogens with zero attached hydrogens (tertiary/aromatic N) is 1. The van der Waals surface area contributed by atoms with E-state index in [2.05, 4.69) is 55.4 Å². The minimum Gasteiger partial charge on any atom is -0.450 e. The van der Waals surface area contributed by atoms with Crippen molar-refractivity contribution in [3.63, 3.8) is 0 Å². The van der Waals surface area contributed by atoms with Crippen molar-refractivity contribution in [2.45, 2.75) is 0 Å². The van der Waals surface area contributed by atoms with Gasteiger partial charge >= 0.3 is 7.48 Å². The maximum absolute atomic E-state index is 8.98. The summed E-state index contributed by atoms with van der Waals surface area (Å²) in [6, 6.07) is 20.9. The first-order chi connectivity index (χ1) is 10.2. The third kappa shape index (κ3) is 2.78. The van der Waals surface area contributed by atoms with Gasteiger partial charge in [-0.05, 0) is 40.1 Å². The van der Waals surface area contributed by atoms with E-state index in [1.54, 1.807) is 0 Å². The molecule has 0 aliphatic heterocycles. The molecule has 3 heteroatoms. The summed E-state index contributed by atoms with van der Waals surface area (Å²) >= 11 is 0. The number of rotatable bonds is 3. The summed E-state index contributed by atoms with van der Waals surface area (Å²) in [5, 5.41) is 11.5. The van der Waals surface area contributed by atoms with Gasteiger partial charge in [0.05, 0.1) is 0 Å². The van der Waals surface area contributed by atoms with Crippen LogP contribution < -0.4 is 10.4 Å². The number of anilines is 1. The van der Waals surface area contributed by atoms with Crippen molar-refractivity contribution in [2.75, 3.05) is 19.0 Å². The lowest BCUT2D eigenvalue weighted by atomic mass is 9.87. The Kier molecular flexibility index (Phi) is 3.67. The van der Waals surface area contributed by atoms with Gasteiger partial charge in [-0.1, -0.05) is 47.9 Å². The minimum absolute atomic E-state index is 0.815. The van der Waals surface area contributed by atoms with Crippen LogP contribution in [0.2, 0.25) is 0 Å². The third-order valence-corrected chi connectivity index (χ3v) is 3.73. The Morgan fingerprint density at radius 1 is 0.762 bits per heavy atom. The molecule has 0 bridgehead atoms. The highest BCUT2D eigenvalue weighted by Crippen LogP contribution is 2.26. The van der Waals surface area contributed by atoms with Crippen LogP contribution in [-0.2, 0) is 0 Å². The quantitative estimate of drug-likeness (QED) is 0.742. The zero-order valence-electron chi connectivity index (χ0n) is 12.2. The van der Waals surface area contributed by atoms with Crippen molar-refractivity contribution in [1.29, 1.82) is 0 Å². The molecule has 2 nitrogen and oxygen atoms in total. The third-order valence-electron chi connectivity index (χ3n) is 3.73. The fraction of sp³-hybridized carbons (Fsp3) is 0.111. The summed E-state index contributed by atoms with van der Waals surface area (Å²) in [6.07, 6.45) is 0. The molecule has 0 spiro atoms. The van der Waals surface area contributed by atoms with Crippen LogP contribution in [0.1, 0.15) is 0 Å². The van der Waals surface area contributed by atoms with E-state index in [0.29, 0.717) is 0 Å². The molecule has 1 radical (unpaired) electrons. The van der Waals surface area contributed by atoms with E-state index in [9.17, 15) is 0 Å². The number of benzene rings is 3. The van der Waals surface area contributed by atoms with Crippen molar-refractivity contribution in [3.05, 3.63) is 60.7 Å². The Balaban J connectivity index is 2.02. The molecule has 0 saturated carbocycles. The zero-order valence-corrected chi connectivity index (χ0v) is 12.2. The molecule has 3 aromatic carbocycles. The topological polar surface area (TPSA) is 23.5 Å². The maximum atomic E-state index is 8.98. The molecule has 0 heterocycles. The largest absolute Gasteiger partial charge is 0.450 e. The van der Waals surface area contributed by atoms with E-state index in [1.165, 1.54) is 22.0 Å². The molecular formula is C18H17BNO. The average Bonchev–Trinajstić information content (AvgIpc) is 2.54. The lowest BCUT2D eigenvalue weighted by molar-refractivity contribution is 0.615. The molecule has 0 aromatic heterocycles. The molecule has 0 saturated heterocycles. The predicted molar refractivity (Wildman–Crippen MR) is 91.3 cm³/mol. The summed E-state index contributed by atoms with van der Waals surface area (Å²) < 4.78 is 0. The summed E-state index contributed by atoms with van der Waals surface area (Å²) in [5.74, 6) is 0. The standard InChI is InChI=1S/C18H17BNO/c1-20(2)18-10-7-15-11-14(3-4-16(15)12-18)13-5-8-17(19-21)9-6-13/h3-12,21H,1-2H3. The van der Waals surface area contributed by atoms with Crippen molar-refractivity contribution in [1.82, 2.24) is 0 Å². The number of fused-ring (bicyclic) bond motifs is 1. The Bertz CT molecular complexity index is 766. The highest BCUT2D eigenvalue weighted by molar-refractivity contribution is 6.45. The highest BCUT2D eigenvalue weighted by Gasteiger charge is 2.02. The molecule has 3 rings (SSSR count). The van der Waals surface area contributed by atoms with Gasteiger partial charge in [-0.2, -0.15) is 0 Å². The number of hydrogen-bond acceptors (Lipinski definition) is 2. The second-order valence-electron chi connectivity index (χ2n) is 5.39. The van der Waals surface area contributed by atoms with Gasteiger partial charge < -0.3 is 9.92 Å². The first-order valence-corrected chi connectivity index (χ1v) is 6.96. The van der Waals surface area contributed by atoms with Crippen LogP contribution in [0.25, 0.3) is 21.9 Å². The Morgan fingerprint density at radius 2 is 1.38 bits per heavy atom. The summed E-state index contributed by atoms with van der Waals surface area (Å²) in [4.78, 5) is 2.11. The van der Waals surface area contributed by atoms with Gasteiger partial charge in [0.25, 0.3) is 0 Å².